The summed E-state index contributed by atoms with van der Waals surface area (Å²) in [6.45, 7) is 0.343. The Hall–Kier alpha value is -1.55. The van der Waals surface area contributed by atoms with Crippen LogP contribution in [-0.2, 0) is 11.3 Å². The fraction of sp³-hybridized carbons (Fsp3) is 0.562. The van der Waals surface area contributed by atoms with Crippen LogP contribution in [0.1, 0.15) is 31.2 Å². The average Bonchev–Trinajstić information content (AvgIpc) is 2.53. The summed E-state index contributed by atoms with van der Waals surface area (Å²) in [4.78, 5) is 13.8. The maximum absolute atomic E-state index is 12.1. The number of nitrogens with zero attached hydrogens (tertiary/aromatic N) is 1. The average molecular weight is 276 g/mol. The molecule has 4 nitrogen and oxygen atoms in total. The molecule has 20 heavy (non-hydrogen) atoms. The van der Waals surface area contributed by atoms with Gasteiger partial charge in [0.2, 0.25) is 0 Å². The Morgan fingerprint density at radius 3 is 2.50 bits per heavy atom. The molecule has 0 bridgehead atoms. The van der Waals surface area contributed by atoms with Crippen molar-refractivity contribution in [2.45, 2.75) is 44.4 Å². The molecular formula is C16H24N2O2. The Kier molecular flexibility index (Phi) is 5.41. The molecule has 0 aromatic heterocycles. The van der Waals surface area contributed by atoms with E-state index in [1.165, 1.54) is 0 Å². The highest BCUT2D eigenvalue weighted by atomic mass is 16.6. The van der Waals surface area contributed by atoms with Gasteiger partial charge in [0, 0.05) is 19.1 Å². The van der Waals surface area contributed by atoms with Gasteiger partial charge in [-0.25, -0.2) is 4.79 Å². The third-order valence-corrected chi connectivity index (χ3v) is 4.15. The van der Waals surface area contributed by atoms with Gasteiger partial charge in [0.05, 0.1) is 0 Å². The maximum Gasteiger partial charge on any atom is 0.410 e. The van der Waals surface area contributed by atoms with Crippen LogP contribution in [0.4, 0.5) is 4.79 Å². The predicted molar refractivity (Wildman–Crippen MR) is 79.5 cm³/mol. The summed E-state index contributed by atoms with van der Waals surface area (Å²) in [6.07, 6.45) is 4.11. The topological polar surface area (TPSA) is 41.6 Å². The second kappa shape index (κ2) is 7.29. The third kappa shape index (κ3) is 3.97. The van der Waals surface area contributed by atoms with Crippen LogP contribution < -0.4 is 5.32 Å². The molecule has 2 rings (SSSR count). The number of nitrogens with one attached hydrogen (secondary N) is 1. The van der Waals surface area contributed by atoms with Gasteiger partial charge in [0.1, 0.15) is 6.61 Å². The quantitative estimate of drug-likeness (QED) is 0.919. The Bertz CT molecular complexity index is 414. The number of ether oxygens (including phenoxy) is 1. The van der Waals surface area contributed by atoms with E-state index in [0.717, 1.165) is 31.2 Å². The summed E-state index contributed by atoms with van der Waals surface area (Å²) in [5.41, 5.74) is 1.02. The number of rotatable bonds is 4. The predicted octanol–water partition coefficient (Wildman–Crippen LogP) is 2.79. The van der Waals surface area contributed by atoms with Gasteiger partial charge in [-0.2, -0.15) is 0 Å². The summed E-state index contributed by atoms with van der Waals surface area (Å²) in [6, 6.07) is 10.7. The van der Waals surface area contributed by atoms with E-state index in [2.05, 4.69) is 5.32 Å². The number of carbonyl (C=O) groups excluding carboxylic acids is 1. The van der Waals surface area contributed by atoms with E-state index in [0.29, 0.717) is 18.7 Å². The van der Waals surface area contributed by atoms with E-state index >= 15 is 0 Å². The van der Waals surface area contributed by atoms with Crippen molar-refractivity contribution < 1.29 is 9.53 Å². The molecule has 1 aliphatic rings. The summed E-state index contributed by atoms with van der Waals surface area (Å²) in [5, 5.41) is 3.30. The van der Waals surface area contributed by atoms with Crippen LogP contribution in [0.5, 0.6) is 0 Å². The van der Waals surface area contributed by atoms with Crippen LogP contribution in [0.25, 0.3) is 0 Å². The maximum atomic E-state index is 12.1. The normalized spacial score (nSPS) is 22.3. The molecule has 0 radical (unpaired) electrons. The summed E-state index contributed by atoms with van der Waals surface area (Å²) in [7, 11) is 3.85. The lowest BCUT2D eigenvalue weighted by atomic mass is 9.91. The second-order valence-electron chi connectivity index (χ2n) is 5.45. The molecule has 1 amide bonds. The zero-order valence-electron chi connectivity index (χ0n) is 12.3. The van der Waals surface area contributed by atoms with Crippen molar-refractivity contribution in [3.8, 4) is 0 Å². The van der Waals surface area contributed by atoms with Gasteiger partial charge in [-0.05, 0) is 38.3 Å². The zero-order chi connectivity index (χ0) is 14.4. The van der Waals surface area contributed by atoms with Crippen molar-refractivity contribution in [2.75, 3.05) is 14.1 Å². The molecule has 0 unspecified atom stereocenters. The standard InChI is InChI=1S/C16H24N2O2/c1-17-14-8-10-15(11-9-14)18(2)16(19)20-12-13-6-4-3-5-7-13/h3-7,14-15,17H,8-12H2,1-2H3. The van der Waals surface area contributed by atoms with Gasteiger partial charge in [0.25, 0.3) is 0 Å². The van der Waals surface area contributed by atoms with Crippen LogP contribution in [0, 0.1) is 0 Å². The van der Waals surface area contributed by atoms with E-state index in [9.17, 15) is 4.79 Å². The summed E-state index contributed by atoms with van der Waals surface area (Å²) in [5.74, 6) is 0. The molecular weight excluding hydrogens is 252 g/mol. The largest absolute Gasteiger partial charge is 0.445 e. The Labute approximate surface area is 121 Å². The van der Waals surface area contributed by atoms with Crippen molar-refractivity contribution in [2.24, 2.45) is 0 Å². The molecule has 0 spiro atoms. The minimum atomic E-state index is -0.221. The van der Waals surface area contributed by atoms with Gasteiger partial charge in [0.15, 0.2) is 0 Å². The van der Waals surface area contributed by atoms with Crippen LogP contribution in [0.2, 0.25) is 0 Å². The van der Waals surface area contributed by atoms with Crippen molar-refractivity contribution in [3.05, 3.63) is 35.9 Å². The van der Waals surface area contributed by atoms with Crippen molar-refractivity contribution in [1.29, 1.82) is 0 Å². The van der Waals surface area contributed by atoms with Gasteiger partial charge < -0.3 is 15.0 Å². The fourth-order valence-corrected chi connectivity index (χ4v) is 2.72. The zero-order valence-corrected chi connectivity index (χ0v) is 12.3. The molecule has 0 atom stereocenters. The molecule has 110 valence electrons. The molecule has 1 aliphatic carbocycles. The molecule has 1 N–H and O–H groups in total. The Balaban J connectivity index is 1.77. The monoisotopic (exact) mass is 276 g/mol. The first kappa shape index (κ1) is 14.9. The number of amides is 1. The van der Waals surface area contributed by atoms with Crippen molar-refractivity contribution >= 4 is 6.09 Å². The fourth-order valence-electron chi connectivity index (χ4n) is 2.72. The number of hydrogen-bond acceptors (Lipinski definition) is 3. The van der Waals surface area contributed by atoms with E-state index in [4.69, 9.17) is 4.74 Å². The van der Waals surface area contributed by atoms with E-state index in [1.54, 1.807) is 4.90 Å². The highest BCUT2D eigenvalue weighted by Gasteiger charge is 2.26. The first-order chi connectivity index (χ1) is 9.70. The van der Waals surface area contributed by atoms with Crippen LogP contribution >= 0.6 is 0 Å². The number of carbonyl (C=O) groups is 1. The molecule has 1 aromatic carbocycles. The Morgan fingerprint density at radius 2 is 1.90 bits per heavy atom. The summed E-state index contributed by atoms with van der Waals surface area (Å²) < 4.78 is 5.37. The smallest absolute Gasteiger partial charge is 0.410 e. The first-order valence-corrected chi connectivity index (χ1v) is 7.31. The van der Waals surface area contributed by atoms with Gasteiger partial charge in [-0.15, -0.1) is 0 Å². The third-order valence-electron chi connectivity index (χ3n) is 4.15. The van der Waals surface area contributed by atoms with E-state index in [-0.39, 0.29) is 6.09 Å². The molecule has 1 saturated carbocycles. The molecule has 1 aromatic rings. The van der Waals surface area contributed by atoms with Crippen LogP contribution in [-0.4, -0.2) is 37.2 Å². The highest BCUT2D eigenvalue weighted by molar-refractivity contribution is 5.67. The summed E-state index contributed by atoms with van der Waals surface area (Å²) >= 11 is 0. The van der Waals surface area contributed by atoms with Crippen molar-refractivity contribution in [3.63, 3.8) is 0 Å². The molecule has 0 aliphatic heterocycles. The SMILES string of the molecule is CNC1CCC(N(C)C(=O)OCc2ccccc2)CC1. The minimum absolute atomic E-state index is 0.221. The number of hydrogen-bond donors (Lipinski definition) is 1. The van der Waals surface area contributed by atoms with Gasteiger partial charge in [-0.3, -0.25) is 0 Å². The van der Waals surface area contributed by atoms with E-state index < -0.39 is 0 Å². The lowest BCUT2D eigenvalue weighted by Crippen LogP contribution is -2.42. The van der Waals surface area contributed by atoms with Gasteiger partial charge in [-0.1, -0.05) is 30.3 Å². The Morgan fingerprint density at radius 1 is 1.25 bits per heavy atom. The second-order valence-corrected chi connectivity index (χ2v) is 5.45. The minimum Gasteiger partial charge on any atom is -0.445 e. The lowest BCUT2D eigenvalue weighted by molar-refractivity contribution is 0.0813. The molecule has 0 heterocycles. The molecule has 1 fully saturated rings. The van der Waals surface area contributed by atoms with Crippen LogP contribution in [0.15, 0.2) is 30.3 Å². The first-order valence-electron chi connectivity index (χ1n) is 7.31. The van der Waals surface area contributed by atoms with Crippen molar-refractivity contribution in [1.82, 2.24) is 10.2 Å². The highest BCUT2D eigenvalue weighted by Crippen LogP contribution is 2.22. The lowest BCUT2D eigenvalue weighted by Gasteiger charge is -2.33. The number of benzene rings is 1. The van der Waals surface area contributed by atoms with Crippen LogP contribution in [0.3, 0.4) is 0 Å². The molecule has 4 heteroatoms. The van der Waals surface area contributed by atoms with Gasteiger partial charge >= 0.3 is 6.09 Å². The van der Waals surface area contributed by atoms with E-state index in [1.807, 2.05) is 44.4 Å². The molecule has 0 saturated heterocycles.